The van der Waals surface area contributed by atoms with Gasteiger partial charge >= 0.3 is 0 Å². The third-order valence-corrected chi connectivity index (χ3v) is 4.13. The molecule has 0 saturated carbocycles. The zero-order valence-corrected chi connectivity index (χ0v) is 15.1. The van der Waals surface area contributed by atoms with Crippen LogP contribution in [0.2, 0.25) is 0 Å². The van der Waals surface area contributed by atoms with E-state index in [-0.39, 0.29) is 12.0 Å². The summed E-state index contributed by atoms with van der Waals surface area (Å²) in [6, 6.07) is 17.5. The minimum atomic E-state index is -0.107. The third kappa shape index (κ3) is 4.72. The van der Waals surface area contributed by atoms with Gasteiger partial charge in [0.15, 0.2) is 0 Å². The van der Waals surface area contributed by atoms with Crippen LogP contribution in [0.5, 0.6) is 5.75 Å². The standard InChI is InChI=1S/C21H23N3O2/c1-16(18-8-4-3-5-9-18)26-20-11-7-6-10-19(20)23-21(25)13-12-17-14-22-24(2)15-17/h3-11,14-16H,12-13H2,1-2H3,(H,23,25)/t16-/m0/s1. The summed E-state index contributed by atoms with van der Waals surface area (Å²) in [6.07, 6.45) is 4.65. The fourth-order valence-corrected chi connectivity index (χ4v) is 2.73. The molecular formula is C21H23N3O2. The molecule has 0 unspecified atom stereocenters. The van der Waals surface area contributed by atoms with E-state index in [0.29, 0.717) is 24.3 Å². The Labute approximate surface area is 153 Å². The van der Waals surface area contributed by atoms with Gasteiger partial charge in [-0.2, -0.15) is 5.10 Å². The highest BCUT2D eigenvalue weighted by atomic mass is 16.5. The number of rotatable bonds is 7. The Bertz CT molecular complexity index is 858. The van der Waals surface area contributed by atoms with Crippen molar-refractivity contribution in [2.75, 3.05) is 5.32 Å². The average Bonchev–Trinajstić information content (AvgIpc) is 3.08. The van der Waals surface area contributed by atoms with Gasteiger partial charge < -0.3 is 10.1 Å². The quantitative estimate of drug-likeness (QED) is 0.698. The van der Waals surface area contributed by atoms with E-state index in [9.17, 15) is 4.79 Å². The van der Waals surface area contributed by atoms with Crippen LogP contribution >= 0.6 is 0 Å². The fraction of sp³-hybridized carbons (Fsp3) is 0.238. The van der Waals surface area contributed by atoms with Crippen molar-refractivity contribution < 1.29 is 9.53 Å². The molecule has 3 aromatic rings. The minimum Gasteiger partial charge on any atom is -0.484 e. The van der Waals surface area contributed by atoms with Gasteiger partial charge in [-0.1, -0.05) is 42.5 Å². The van der Waals surface area contributed by atoms with Crippen molar-refractivity contribution in [2.24, 2.45) is 7.05 Å². The van der Waals surface area contributed by atoms with E-state index < -0.39 is 0 Å². The van der Waals surface area contributed by atoms with E-state index in [2.05, 4.69) is 10.4 Å². The van der Waals surface area contributed by atoms with E-state index in [4.69, 9.17) is 4.74 Å². The number of hydrogen-bond donors (Lipinski definition) is 1. The van der Waals surface area contributed by atoms with E-state index >= 15 is 0 Å². The van der Waals surface area contributed by atoms with Crippen LogP contribution in [0.4, 0.5) is 5.69 Å². The topological polar surface area (TPSA) is 56.1 Å². The highest BCUT2D eigenvalue weighted by molar-refractivity contribution is 5.92. The van der Waals surface area contributed by atoms with Crippen molar-refractivity contribution in [3.63, 3.8) is 0 Å². The number of nitrogens with one attached hydrogen (secondary N) is 1. The molecule has 0 radical (unpaired) electrons. The summed E-state index contributed by atoms with van der Waals surface area (Å²) in [5.41, 5.74) is 2.82. The first kappa shape index (κ1) is 17.7. The second kappa shape index (κ2) is 8.34. The lowest BCUT2D eigenvalue weighted by Crippen LogP contribution is -2.14. The van der Waals surface area contributed by atoms with Crippen molar-refractivity contribution in [1.29, 1.82) is 0 Å². The molecular weight excluding hydrogens is 326 g/mol. The highest BCUT2D eigenvalue weighted by Gasteiger charge is 2.12. The summed E-state index contributed by atoms with van der Waals surface area (Å²) in [5, 5.41) is 7.07. The Morgan fingerprint density at radius 2 is 1.88 bits per heavy atom. The number of aromatic nitrogens is 2. The number of aryl methyl sites for hydroxylation is 2. The lowest BCUT2D eigenvalue weighted by atomic mass is 10.1. The van der Waals surface area contributed by atoms with Crippen LogP contribution in [-0.2, 0) is 18.3 Å². The van der Waals surface area contributed by atoms with Crippen LogP contribution in [0.15, 0.2) is 67.0 Å². The molecule has 1 heterocycles. The molecule has 0 saturated heterocycles. The molecule has 0 aliphatic heterocycles. The van der Waals surface area contributed by atoms with Crippen molar-refractivity contribution >= 4 is 11.6 Å². The van der Waals surface area contributed by atoms with Gasteiger partial charge in [0.1, 0.15) is 11.9 Å². The monoisotopic (exact) mass is 349 g/mol. The number of anilines is 1. The first-order valence-corrected chi connectivity index (χ1v) is 8.70. The molecule has 26 heavy (non-hydrogen) atoms. The molecule has 0 spiro atoms. The summed E-state index contributed by atoms with van der Waals surface area (Å²) < 4.78 is 7.81. The van der Waals surface area contributed by atoms with Crippen LogP contribution in [-0.4, -0.2) is 15.7 Å². The van der Waals surface area contributed by atoms with E-state index in [1.807, 2.05) is 74.8 Å². The summed E-state index contributed by atoms with van der Waals surface area (Å²) in [5.74, 6) is 0.621. The van der Waals surface area contributed by atoms with Crippen LogP contribution in [0.25, 0.3) is 0 Å². The smallest absolute Gasteiger partial charge is 0.224 e. The molecule has 0 aliphatic carbocycles. The number of carbonyl (C=O) groups excluding carboxylic acids is 1. The van der Waals surface area contributed by atoms with Gasteiger partial charge in [-0.25, -0.2) is 0 Å². The number of benzene rings is 2. The Hall–Kier alpha value is -3.08. The maximum atomic E-state index is 12.3. The molecule has 0 fully saturated rings. The second-order valence-corrected chi connectivity index (χ2v) is 6.24. The van der Waals surface area contributed by atoms with Crippen molar-refractivity contribution in [1.82, 2.24) is 9.78 Å². The van der Waals surface area contributed by atoms with E-state index in [1.165, 1.54) is 0 Å². The third-order valence-electron chi connectivity index (χ3n) is 4.13. The zero-order valence-electron chi connectivity index (χ0n) is 15.1. The number of amides is 1. The van der Waals surface area contributed by atoms with Crippen LogP contribution in [0.1, 0.15) is 30.6 Å². The number of para-hydroxylation sites is 2. The number of hydrogen-bond acceptors (Lipinski definition) is 3. The predicted octanol–water partition coefficient (Wildman–Crippen LogP) is 4.13. The van der Waals surface area contributed by atoms with Crippen molar-refractivity contribution in [3.05, 3.63) is 78.1 Å². The molecule has 5 heteroatoms. The highest BCUT2D eigenvalue weighted by Crippen LogP contribution is 2.29. The summed E-state index contributed by atoms with van der Waals surface area (Å²) >= 11 is 0. The lowest BCUT2D eigenvalue weighted by Gasteiger charge is -2.18. The molecule has 0 aliphatic rings. The molecule has 1 aromatic heterocycles. The molecule has 134 valence electrons. The molecule has 0 bridgehead atoms. The molecule has 1 atom stereocenters. The Kier molecular flexibility index (Phi) is 5.69. The summed E-state index contributed by atoms with van der Waals surface area (Å²) in [4.78, 5) is 12.3. The molecule has 1 amide bonds. The molecule has 2 aromatic carbocycles. The Balaban J connectivity index is 1.62. The maximum absolute atomic E-state index is 12.3. The van der Waals surface area contributed by atoms with Crippen LogP contribution in [0, 0.1) is 0 Å². The van der Waals surface area contributed by atoms with Crippen LogP contribution in [0.3, 0.4) is 0 Å². The van der Waals surface area contributed by atoms with Gasteiger partial charge in [0.2, 0.25) is 5.91 Å². The predicted molar refractivity (Wildman–Crippen MR) is 102 cm³/mol. The van der Waals surface area contributed by atoms with Gasteiger partial charge in [-0.05, 0) is 36.6 Å². The average molecular weight is 349 g/mol. The van der Waals surface area contributed by atoms with Crippen molar-refractivity contribution in [2.45, 2.75) is 25.9 Å². The van der Waals surface area contributed by atoms with E-state index in [0.717, 1.165) is 11.1 Å². The number of nitrogens with zero attached hydrogens (tertiary/aromatic N) is 2. The van der Waals surface area contributed by atoms with Crippen molar-refractivity contribution in [3.8, 4) is 5.75 Å². The van der Waals surface area contributed by atoms with Gasteiger partial charge in [0, 0.05) is 19.7 Å². The first-order chi connectivity index (χ1) is 12.6. The SMILES string of the molecule is C[C@H](Oc1ccccc1NC(=O)CCc1cnn(C)c1)c1ccccc1. The van der Waals surface area contributed by atoms with Gasteiger partial charge in [0.05, 0.1) is 11.9 Å². The maximum Gasteiger partial charge on any atom is 0.224 e. The van der Waals surface area contributed by atoms with Gasteiger partial charge in [0.25, 0.3) is 0 Å². The van der Waals surface area contributed by atoms with E-state index in [1.54, 1.807) is 10.9 Å². The number of ether oxygens (including phenoxy) is 1. The lowest BCUT2D eigenvalue weighted by molar-refractivity contribution is -0.116. The number of carbonyl (C=O) groups is 1. The largest absolute Gasteiger partial charge is 0.484 e. The molecule has 3 rings (SSSR count). The van der Waals surface area contributed by atoms with Gasteiger partial charge in [-0.3, -0.25) is 9.48 Å². The molecule has 1 N–H and O–H groups in total. The Morgan fingerprint density at radius 3 is 2.62 bits per heavy atom. The van der Waals surface area contributed by atoms with Crippen LogP contribution < -0.4 is 10.1 Å². The second-order valence-electron chi connectivity index (χ2n) is 6.24. The summed E-state index contributed by atoms with van der Waals surface area (Å²) in [6.45, 7) is 2.00. The fourth-order valence-electron chi connectivity index (χ4n) is 2.73. The first-order valence-electron chi connectivity index (χ1n) is 8.70. The van der Waals surface area contributed by atoms with Gasteiger partial charge in [-0.15, -0.1) is 0 Å². The molecule has 5 nitrogen and oxygen atoms in total. The Morgan fingerprint density at radius 1 is 1.15 bits per heavy atom. The summed E-state index contributed by atoms with van der Waals surface area (Å²) in [7, 11) is 1.87. The zero-order chi connectivity index (χ0) is 18.4. The minimum absolute atomic E-state index is 0.0442. The normalized spacial score (nSPS) is 11.8.